The maximum absolute atomic E-state index is 13.4. The van der Waals surface area contributed by atoms with Crippen molar-refractivity contribution in [2.75, 3.05) is 6.54 Å². The maximum atomic E-state index is 13.4. The average Bonchev–Trinajstić information content (AvgIpc) is 3.26. The lowest BCUT2D eigenvalue weighted by molar-refractivity contribution is 0.0901. The number of amides is 1. The van der Waals surface area contributed by atoms with Crippen molar-refractivity contribution >= 4 is 39.7 Å². The van der Waals surface area contributed by atoms with Crippen molar-refractivity contribution in [3.63, 3.8) is 0 Å². The van der Waals surface area contributed by atoms with E-state index in [1.165, 1.54) is 23.5 Å². The van der Waals surface area contributed by atoms with E-state index in [9.17, 15) is 9.18 Å². The Hall–Kier alpha value is -1.17. The number of carbonyl (C=O) groups is 1. The van der Waals surface area contributed by atoms with Crippen molar-refractivity contribution in [2.24, 2.45) is 11.7 Å². The molecule has 1 heterocycles. The van der Waals surface area contributed by atoms with E-state index in [0.29, 0.717) is 17.3 Å². The van der Waals surface area contributed by atoms with Crippen LogP contribution in [-0.4, -0.2) is 18.0 Å². The van der Waals surface area contributed by atoms with E-state index in [4.69, 9.17) is 5.73 Å². The van der Waals surface area contributed by atoms with Crippen LogP contribution in [0.15, 0.2) is 18.2 Å². The summed E-state index contributed by atoms with van der Waals surface area (Å²) in [6.07, 6.45) is 2.23. The Morgan fingerprint density at radius 3 is 2.77 bits per heavy atom. The number of nitrogens with one attached hydrogen (secondary N) is 1. The second-order valence-electron chi connectivity index (χ2n) is 6.05. The summed E-state index contributed by atoms with van der Waals surface area (Å²) in [6.45, 7) is 4.30. The molecule has 1 amide bonds. The fourth-order valence-electron chi connectivity index (χ4n) is 2.77. The predicted octanol–water partition coefficient (Wildman–Crippen LogP) is 3.63. The summed E-state index contributed by atoms with van der Waals surface area (Å²) in [5.74, 6) is 0.0904. The molecule has 2 aromatic rings. The number of aryl methyl sites for hydroxylation is 1. The Morgan fingerprint density at radius 1 is 1.50 bits per heavy atom. The largest absolute Gasteiger partial charge is 0.345 e. The molecular weight excluding hydrogens is 323 g/mol. The number of thiophene rings is 1. The highest BCUT2D eigenvalue weighted by molar-refractivity contribution is 7.21. The Labute approximate surface area is 139 Å². The number of hydrogen-bond donors (Lipinski definition) is 2. The van der Waals surface area contributed by atoms with E-state index in [0.717, 1.165) is 28.5 Å². The average molecular weight is 343 g/mol. The summed E-state index contributed by atoms with van der Waals surface area (Å²) in [5.41, 5.74) is 6.34. The van der Waals surface area contributed by atoms with E-state index < -0.39 is 0 Å². The first kappa shape index (κ1) is 17.2. The third-order valence-corrected chi connectivity index (χ3v) is 5.68. The van der Waals surface area contributed by atoms with Gasteiger partial charge >= 0.3 is 0 Å². The quantitative estimate of drug-likeness (QED) is 0.891. The van der Waals surface area contributed by atoms with Crippen LogP contribution in [0.4, 0.5) is 4.39 Å². The number of nitrogens with two attached hydrogens (primary N) is 1. The zero-order valence-electron chi connectivity index (χ0n) is 12.6. The highest BCUT2D eigenvalue weighted by Crippen LogP contribution is 2.39. The molecule has 1 fully saturated rings. The third-order valence-electron chi connectivity index (χ3n) is 4.41. The fourth-order valence-corrected chi connectivity index (χ4v) is 3.85. The lowest BCUT2D eigenvalue weighted by Crippen LogP contribution is -2.53. The molecule has 0 aliphatic heterocycles. The van der Waals surface area contributed by atoms with Gasteiger partial charge in [-0.3, -0.25) is 4.79 Å². The number of fused-ring (bicyclic) bond motifs is 1. The standard InChI is InChI=1S/C16H19FN2OS.ClH/c1-9-12-7-11(17)5-6-13(12)21-14(9)15(20)19-16(2,8-18)10-3-4-10;/h5-7,10H,3-4,8,18H2,1-2H3,(H,19,20);1H. The van der Waals surface area contributed by atoms with Gasteiger partial charge in [0.25, 0.3) is 5.91 Å². The molecule has 0 bridgehead atoms. The Balaban J connectivity index is 0.00000176. The SMILES string of the molecule is Cc1c(C(=O)NC(C)(CN)C2CC2)sc2ccc(F)cc12.Cl. The molecule has 22 heavy (non-hydrogen) atoms. The van der Waals surface area contributed by atoms with Crippen LogP contribution in [0.3, 0.4) is 0 Å². The van der Waals surface area contributed by atoms with E-state index in [1.54, 1.807) is 6.07 Å². The first-order valence-corrected chi connectivity index (χ1v) is 7.97. The molecule has 0 saturated heterocycles. The zero-order chi connectivity index (χ0) is 15.2. The van der Waals surface area contributed by atoms with Crippen LogP contribution < -0.4 is 11.1 Å². The van der Waals surface area contributed by atoms with Crippen LogP contribution in [0.2, 0.25) is 0 Å². The van der Waals surface area contributed by atoms with Gasteiger partial charge in [0, 0.05) is 11.2 Å². The summed E-state index contributed by atoms with van der Waals surface area (Å²) in [7, 11) is 0. The van der Waals surface area contributed by atoms with Gasteiger partial charge in [-0.25, -0.2) is 4.39 Å². The molecule has 1 aromatic heterocycles. The molecular formula is C16H20ClFN2OS. The van der Waals surface area contributed by atoms with Gasteiger partial charge in [0.1, 0.15) is 5.82 Å². The molecule has 1 aliphatic rings. The molecule has 1 saturated carbocycles. The summed E-state index contributed by atoms with van der Waals surface area (Å²) in [6, 6.07) is 4.64. The Kier molecular flexibility index (Phi) is 4.80. The van der Waals surface area contributed by atoms with Gasteiger partial charge in [-0.2, -0.15) is 0 Å². The van der Waals surface area contributed by atoms with Gasteiger partial charge in [0.05, 0.1) is 10.4 Å². The van der Waals surface area contributed by atoms with E-state index in [1.807, 2.05) is 13.8 Å². The first-order chi connectivity index (χ1) is 9.94. The number of halogens is 2. The summed E-state index contributed by atoms with van der Waals surface area (Å²) >= 11 is 1.40. The zero-order valence-corrected chi connectivity index (χ0v) is 14.2. The minimum Gasteiger partial charge on any atom is -0.345 e. The second-order valence-corrected chi connectivity index (χ2v) is 7.10. The maximum Gasteiger partial charge on any atom is 0.262 e. The summed E-state index contributed by atoms with van der Waals surface area (Å²) in [5, 5.41) is 3.90. The second kappa shape index (κ2) is 6.14. The minimum absolute atomic E-state index is 0. The van der Waals surface area contributed by atoms with Crippen LogP contribution in [-0.2, 0) is 0 Å². The van der Waals surface area contributed by atoms with Gasteiger partial charge in [0.15, 0.2) is 0 Å². The molecule has 3 N–H and O–H groups in total. The topological polar surface area (TPSA) is 55.1 Å². The van der Waals surface area contributed by atoms with Crippen molar-refractivity contribution in [3.05, 3.63) is 34.5 Å². The summed E-state index contributed by atoms with van der Waals surface area (Å²) < 4.78 is 14.3. The van der Waals surface area contributed by atoms with E-state index in [2.05, 4.69) is 5.32 Å². The monoisotopic (exact) mass is 342 g/mol. The predicted molar refractivity (Wildman–Crippen MR) is 91.4 cm³/mol. The molecule has 1 atom stereocenters. The number of hydrogen-bond acceptors (Lipinski definition) is 3. The van der Waals surface area contributed by atoms with E-state index >= 15 is 0 Å². The van der Waals surface area contributed by atoms with Crippen molar-refractivity contribution < 1.29 is 9.18 Å². The van der Waals surface area contributed by atoms with Crippen molar-refractivity contribution in [2.45, 2.75) is 32.2 Å². The number of benzene rings is 1. The molecule has 6 heteroatoms. The molecule has 0 radical (unpaired) electrons. The molecule has 1 aromatic carbocycles. The molecule has 1 unspecified atom stereocenters. The third kappa shape index (κ3) is 2.98. The van der Waals surface area contributed by atoms with Gasteiger partial charge < -0.3 is 11.1 Å². The van der Waals surface area contributed by atoms with Crippen LogP contribution in [0.25, 0.3) is 10.1 Å². The van der Waals surface area contributed by atoms with Gasteiger partial charge in [-0.1, -0.05) is 0 Å². The Bertz CT molecular complexity index is 713. The molecule has 0 spiro atoms. The molecule has 3 rings (SSSR count). The molecule has 1 aliphatic carbocycles. The van der Waals surface area contributed by atoms with Crippen LogP contribution in [0, 0.1) is 18.7 Å². The van der Waals surface area contributed by atoms with Gasteiger partial charge in [-0.05, 0) is 61.8 Å². The molecule has 120 valence electrons. The van der Waals surface area contributed by atoms with Crippen molar-refractivity contribution in [3.8, 4) is 0 Å². The molecule has 3 nitrogen and oxygen atoms in total. The Morgan fingerprint density at radius 2 is 2.18 bits per heavy atom. The minimum atomic E-state index is -0.342. The van der Waals surface area contributed by atoms with E-state index in [-0.39, 0.29) is 29.7 Å². The van der Waals surface area contributed by atoms with Crippen LogP contribution in [0.1, 0.15) is 35.0 Å². The van der Waals surface area contributed by atoms with Crippen LogP contribution >= 0.6 is 23.7 Å². The highest BCUT2D eigenvalue weighted by atomic mass is 35.5. The lowest BCUT2D eigenvalue weighted by atomic mass is 9.95. The normalized spacial score (nSPS) is 16.9. The van der Waals surface area contributed by atoms with Gasteiger partial charge in [0.2, 0.25) is 0 Å². The van der Waals surface area contributed by atoms with Crippen molar-refractivity contribution in [1.29, 1.82) is 0 Å². The van der Waals surface area contributed by atoms with Crippen LogP contribution in [0.5, 0.6) is 0 Å². The number of rotatable bonds is 4. The smallest absolute Gasteiger partial charge is 0.262 e. The first-order valence-electron chi connectivity index (χ1n) is 7.16. The number of carbonyl (C=O) groups excluding carboxylic acids is 1. The fraction of sp³-hybridized carbons (Fsp3) is 0.438. The van der Waals surface area contributed by atoms with Crippen molar-refractivity contribution in [1.82, 2.24) is 5.32 Å². The highest BCUT2D eigenvalue weighted by Gasteiger charge is 2.42. The summed E-state index contributed by atoms with van der Waals surface area (Å²) in [4.78, 5) is 13.2. The lowest BCUT2D eigenvalue weighted by Gasteiger charge is -2.29. The van der Waals surface area contributed by atoms with Gasteiger partial charge in [-0.15, -0.1) is 23.7 Å².